The molecule has 1 aliphatic rings. The summed E-state index contributed by atoms with van der Waals surface area (Å²) in [6.45, 7) is 3.70. The number of nitrogens with zero attached hydrogens (tertiary/aromatic N) is 1. The van der Waals surface area contributed by atoms with Gasteiger partial charge in [-0.1, -0.05) is 6.07 Å². The molecule has 1 amide bonds. The van der Waals surface area contributed by atoms with Crippen LogP contribution in [0.15, 0.2) is 18.2 Å². The van der Waals surface area contributed by atoms with Gasteiger partial charge in [-0.3, -0.25) is 4.79 Å². The predicted molar refractivity (Wildman–Crippen MR) is 71.9 cm³/mol. The number of rotatable bonds is 3. The van der Waals surface area contributed by atoms with Gasteiger partial charge in [-0.05, 0) is 31.4 Å². The normalized spacial score (nSPS) is 19.7. The Hall–Kier alpha value is -1.71. The van der Waals surface area contributed by atoms with Gasteiger partial charge in [-0.25, -0.2) is 0 Å². The fourth-order valence-electron chi connectivity index (χ4n) is 2.45. The van der Waals surface area contributed by atoms with Crippen LogP contribution < -0.4 is 15.4 Å². The van der Waals surface area contributed by atoms with Crippen LogP contribution in [-0.4, -0.2) is 26.1 Å². The Morgan fingerprint density at radius 2 is 2.28 bits per heavy atom. The van der Waals surface area contributed by atoms with Gasteiger partial charge in [0.25, 0.3) is 0 Å². The van der Waals surface area contributed by atoms with Gasteiger partial charge >= 0.3 is 0 Å². The molecule has 1 aliphatic heterocycles. The first-order chi connectivity index (χ1) is 8.61. The number of amides is 1. The molecule has 0 saturated carbocycles. The molecule has 1 aromatic carbocycles. The number of benzene rings is 1. The summed E-state index contributed by atoms with van der Waals surface area (Å²) in [5, 5.41) is 0. The van der Waals surface area contributed by atoms with Crippen LogP contribution in [0.4, 0.5) is 5.69 Å². The number of hydrogen-bond donors (Lipinski definition) is 1. The highest BCUT2D eigenvalue weighted by atomic mass is 16.5. The largest absolute Gasteiger partial charge is 0.496 e. The van der Waals surface area contributed by atoms with Crippen molar-refractivity contribution in [2.75, 3.05) is 25.1 Å². The maximum atomic E-state index is 11.3. The molecule has 1 fully saturated rings. The monoisotopic (exact) mass is 248 g/mol. The van der Waals surface area contributed by atoms with Crippen molar-refractivity contribution in [1.82, 2.24) is 0 Å². The lowest BCUT2D eigenvalue weighted by molar-refractivity contribution is -0.122. The van der Waals surface area contributed by atoms with Crippen molar-refractivity contribution in [2.45, 2.75) is 19.8 Å². The minimum Gasteiger partial charge on any atom is -0.496 e. The summed E-state index contributed by atoms with van der Waals surface area (Å²) in [6, 6.07) is 6.14. The third kappa shape index (κ3) is 2.58. The lowest BCUT2D eigenvalue weighted by Gasteiger charge is -2.33. The van der Waals surface area contributed by atoms with Gasteiger partial charge in [0, 0.05) is 24.8 Å². The summed E-state index contributed by atoms with van der Waals surface area (Å²) < 4.78 is 5.33. The standard InChI is InChI=1S/C14H20N2O2/c1-10-5-6-12(8-13(10)18-2)16-7-3-4-11(9-16)14(15)17/h5-6,8,11H,3-4,7,9H2,1-2H3,(H2,15,17). The molecule has 4 heteroatoms. The smallest absolute Gasteiger partial charge is 0.222 e. The molecule has 1 unspecified atom stereocenters. The SMILES string of the molecule is COc1cc(N2CCCC(C(N)=O)C2)ccc1C. The number of ether oxygens (including phenoxy) is 1. The quantitative estimate of drug-likeness (QED) is 0.886. The number of hydrogen-bond acceptors (Lipinski definition) is 3. The highest BCUT2D eigenvalue weighted by Gasteiger charge is 2.24. The summed E-state index contributed by atoms with van der Waals surface area (Å²) >= 11 is 0. The second-order valence-electron chi connectivity index (χ2n) is 4.84. The van der Waals surface area contributed by atoms with Crippen LogP contribution in [0.1, 0.15) is 18.4 Å². The van der Waals surface area contributed by atoms with Crippen molar-refractivity contribution >= 4 is 11.6 Å². The Kier molecular flexibility index (Phi) is 3.75. The van der Waals surface area contributed by atoms with E-state index in [2.05, 4.69) is 11.0 Å². The molecule has 0 aromatic heterocycles. The Labute approximate surface area is 108 Å². The molecule has 98 valence electrons. The molecular formula is C14H20N2O2. The van der Waals surface area contributed by atoms with E-state index in [9.17, 15) is 4.79 Å². The van der Waals surface area contributed by atoms with E-state index in [0.29, 0.717) is 6.54 Å². The summed E-state index contributed by atoms with van der Waals surface area (Å²) in [7, 11) is 1.68. The van der Waals surface area contributed by atoms with E-state index in [1.165, 1.54) is 0 Å². The average Bonchev–Trinajstić information content (AvgIpc) is 2.39. The van der Waals surface area contributed by atoms with E-state index >= 15 is 0 Å². The van der Waals surface area contributed by atoms with Crippen LogP contribution in [0.2, 0.25) is 0 Å². The highest BCUT2D eigenvalue weighted by molar-refractivity contribution is 5.77. The maximum absolute atomic E-state index is 11.3. The lowest BCUT2D eigenvalue weighted by Crippen LogP contribution is -2.41. The first-order valence-corrected chi connectivity index (χ1v) is 6.30. The Balaban J connectivity index is 2.18. The molecule has 0 bridgehead atoms. The molecule has 2 N–H and O–H groups in total. The molecule has 1 atom stereocenters. The summed E-state index contributed by atoms with van der Waals surface area (Å²) in [5.41, 5.74) is 7.61. The summed E-state index contributed by atoms with van der Waals surface area (Å²) in [4.78, 5) is 13.5. The molecule has 18 heavy (non-hydrogen) atoms. The van der Waals surface area contributed by atoms with Crippen LogP contribution in [0, 0.1) is 12.8 Å². The van der Waals surface area contributed by atoms with Gasteiger partial charge in [0.15, 0.2) is 0 Å². The van der Waals surface area contributed by atoms with Crippen LogP contribution >= 0.6 is 0 Å². The summed E-state index contributed by atoms with van der Waals surface area (Å²) in [5.74, 6) is 0.651. The van der Waals surface area contributed by atoms with Crippen molar-refractivity contribution in [3.63, 3.8) is 0 Å². The number of aryl methyl sites for hydroxylation is 1. The van der Waals surface area contributed by atoms with E-state index in [1.807, 2.05) is 19.1 Å². The van der Waals surface area contributed by atoms with Gasteiger partial charge < -0.3 is 15.4 Å². The van der Waals surface area contributed by atoms with Gasteiger partial charge in [0.2, 0.25) is 5.91 Å². The number of methoxy groups -OCH3 is 1. The molecular weight excluding hydrogens is 228 g/mol. The number of carbonyl (C=O) groups is 1. The molecule has 4 nitrogen and oxygen atoms in total. The third-order valence-electron chi connectivity index (χ3n) is 3.58. The second-order valence-corrected chi connectivity index (χ2v) is 4.84. The first kappa shape index (κ1) is 12.7. The predicted octanol–water partition coefficient (Wildman–Crippen LogP) is 1.71. The van der Waals surface area contributed by atoms with E-state index < -0.39 is 0 Å². The minimum absolute atomic E-state index is 0.0361. The van der Waals surface area contributed by atoms with Crippen molar-refractivity contribution < 1.29 is 9.53 Å². The van der Waals surface area contributed by atoms with Crippen molar-refractivity contribution in [3.8, 4) is 5.75 Å². The number of piperidine rings is 1. The van der Waals surface area contributed by atoms with Crippen molar-refractivity contribution in [3.05, 3.63) is 23.8 Å². The van der Waals surface area contributed by atoms with Crippen molar-refractivity contribution in [1.29, 1.82) is 0 Å². The van der Waals surface area contributed by atoms with Gasteiger partial charge in [0.05, 0.1) is 13.0 Å². The van der Waals surface area contributed by atoms with E-state index in [1.54, 1.807) is 7.11 Å². The zero-order chi connectivity index (χ0) is 13.1. The zero-order valence-corrected chi connectivity index (χ0v) is 11.0. The fraction of sp³-hybridized carbons (Fsp3) is 0.500. The Morgan fingerprint density at radius 1 is 1.50 bits per heavy atom. The third-order valence-corrected chi connectivity index (χ3v) is 3.58. The lowest BCUT2D eigenvalue weighted by atomic mass is 9.97. The molecule has 0 radical (unpaired) electrons. The second kappa shape index (κ2) is 5.29. The highest BCUT2D eigenvalue weighted by Crippen LogP contribution is 2.28. The number of nitrogens with two attached hydrogens (primary N) is 1. The van der Waals surface area contributed by atoms with E-state index in [4.69, 9.17) is 10.5 Å². The first-order valence-electron chi connectivity index (χ1n) is 6.30. The average molecular weight is 248 g/mol. The molecule has 1 aromatic rings. The molecule has 1 saturated heterocycles. The maximum Gasteiger partial charge on any atom is 0.222 e. The molecule has 0 aliphatic carbocycles. The van der Waals surface area contributed by atoms with Gasteiger partial charge in [-0.15, -0.1) is 0 Å². The molecule has 0 spiro atoms. The number of carbonyl (C=O) groups excluding carboxylic acids is 1. The molecule has 1 heterocycles. The van der Waals surface area contributed by atoms with Crippen LogP contribution in [0.5, 0.6) is 5.75 Å². The summed E-state index contributed by atoms with van der Waals surface area (Å²) in [6.07, 6.45) is 1.90. The topological polar surface area (TPSA) is 55.6 Å². The number of primary amides is 1. The van der Waals surface area contributed by atoms with E-state index in [-0.39, 0.29) is 11.8 Å². The van der Waals surface area contributed by atoms with Crippen molar-refractivity contribution in [2.24, 2.45) is 11.7 Å². The molecule has 2 rings (SSSR count). The van der Waals surface area contributed by atoms with E-state index in [0.717, 1.165) is 36.4 Å². The van der Waals surface area contributed by atoms with Gasteiger partial charge in [-0.2, -0.15) is 0 Å². The Morgan fingerprint density at radius 3 is 2.94 bits per heavy atom. The Bertz CT molecular complexity index is 445. The van der Waals surface area contributed by atoms with Crippen LogP contribution in [0.25, 0.3) is 0 Å². The zero-order valence-electron chi connectivity index (χ0n) is 11.0. The fourth-order valence-corrected chi connectivity index (χ4v) is 2.45. The van der Waals surface area contributed by atoms with Crippen LogP contribution in [-0.2, 0) is 4.79 Å². The minimum atomic E-state index is -0.196. The van der Waals surface area contributed by atoms with Gasteiger partial charge in [0.1, 0.15) is 5.75 Å². The van der Waals surface area contributed by atoms with Crippen LogP contribution in [0.3, 0.4) is 0 Å². The number of anilines is 1.